The van der Waals surface area contributed by atoms with E-state index < -0.39 is 80.2 Å². The molecule has 0 radical (unpaired) electrons. The quantitative estimate of drug-likeness (QED) is 0.330. The molecule has 0 bridgehead atoms. The average molecular weight is 587 g/mol. The van der Waals surface area contributed by atoms with E-state index in [0.717, 1.165) is 0 Å². The lowest BCUT2D eigenvalue weighted by Gasteiger charge is -2.26. The molecule has 2 aromatic rings. The number of carbonyl (C=O) groups excluding carboxylic acids is 3. The highest BCUT2D eigenvalue weighted by Crippen LogP contribution is 2.32. The van der Waals surface area contributed by atoms with E-state index in [1.165, 1.54) is 13.2 Å². The molecule has 0 saturated carbocycles. The Morgan fingerprint density at radius 2 is 1.66 bits per heavy atom. The second-order valence-corrected chi connectivity index (χ2v) is 9.43. The molecule has 1 heterocycles. The van der Waals surface area contributed by atoms with Gasteiger partial charge in [-0.25, -0.2) is 4.99 Å². The van der Waals surface area contributed by atoms with E-state index in [1.54, 1.807) is 42.5 Å². The summed E-state index contributed by atoms with van der Waals surface area (Å²) in [7, 11) is 1.42. The van der Waals surface area contributed by atoms with Crippen molar-refractivity contribution in [3.63, 3.8) is 0 Å². The second-order valence-electron chi connectivity index (χ2n) is 9.43. The number of rotatable bonds is 11. The summed E-state index contributed by atoms with van der Waals surface area (Å²) in [5, 5.41) is 4.93. The third-order valence-corrected chi connectivity index (χ3v) is 6.47. The van der Waals surface area contributed by atoms with Crippen molar-refractivity contribution in [2.24, 2.45) is 22.6 Å². The lowest BCUT2D eigenvalue weighted by molar-refractivity contribution is -0.147. The first-order valence-electron chi connectivity index (χ1n) is 12.5. The number of benzodiazepines with no additional fused rings is 1. The predicted octanol–water partition coefficient (Wildman–Crippen LogP) is 4.72. The lowest BCUT2D eigenvalue weighted by atomic mass is 9.83. The zero-order valence-electron chi connectivity index (χ0n) is 21.8. The van der Waals surface area contributed by atoms with Crippen molar-refractivity contribution in [1.82, 2.24) is 5.32 Å². The highest BCUT2D eigenvalue weighted by atomic mass is 19.4. The summed E-state index contributed by atoms with van der Waals surface area (Å²) in [5.74, 6) is -6.25. The van der Waals surface area contributed by atoms with Gasteiger partial charge in [-0.3, -0.25) is 14.4 Å². The summed E-state index contributed by atoms with van der Waals surface area (Å²) >= 11 is 0. The van der Waals surface area contributed by atoms with Gasteiger partial charge >= 0.3 is 12.4 Å². The molecular formula is C27H28F6N4O4. The van der Waals surface area contributed by atoms with Crippen LogP contribution >= 0.6 is 0 Å². The van der Waals surface area contributed by atoms with Crippen LogP contribution in [0.2, 0.25) is 0 Å². The smallest absolute Gasteiger partial charge is 0.389 e. The van der Waals surface area contributed by atoms with E-state index in [1.807, 2.05) is 0 Å². The van der Waals surface area contributed by atoms with Crippen LogP contribution in [-0.4, -0.2) is 49.1 Å². The molecule has 222 valence electrons. The van der Waals surface area contributed by atoms with Gasteiger partial charge in [0.05, 0.1) is 18.5 Å². The SMILES string of the molecule is COc1ccc2c(c1)NC(=O)[C@@H](NC(=O)C(CCCC(F)(F)F)C(CCC(F)(F)F)C(N)=O)N=C2c1ccccc1. The van der Waals surface area contributed by atoms with Gasteiger partial charge in [-0.2, -0.15) is 26.3 Å². The van der Waals surface area contributed by atoms with Crippen molar-refractivity contribution < 1.29 is 45.5 Å². The number of nitrogens with zero attached hydrogens (tertiary/aromatic N) is 1. The van der Waals surface area contributed by atoms with E-state index in [0.29, 0.717) is 16.9 Å². The third-order valence-electron chi connectivity index (χ3n) is 6.47. The predicted molar refractivity (Wildman–Crippen MR) is 137 cm³/mol. The number of benzene rings is 2. The molecule has 41 heavy (non-hydrogen) atoms. The second kappa shape index (κ2) is 13.0. The Morgan fingerprint density at radius 3 is 2.24 bits per heavy atom. The first-order valence-corrected chi connectivity index (χ1v) is 12.5. The minimum Gasteiger partial charge on any atom is -0.497 e. The highest BCUT2D eigenvalue weighted by Gasteiger charge is 2.39. The van der Waals surface area contributed by atoms with E-state index >= 15 is 0 Å². The van der Waals surface area contributed by atoms with Gasteiger partial charge in [0.2, 0.25) is 18.0 Å². The molecule has 0 aromatic heterocycles. The van der Waals surface area contributed by atoms with Crippen molar-refractivity contribution in [2.45, 2.75) is 50.6 Å². The number of amides is 3. The standard InChI is InChI=1S/C27H28F6N4O4/c1-41-16-9-10-19-20(14-16)35-25(40)23(36-21(19)15-6-3-2-4-7-15)37-24(39)18(8-5-12-26(28,29)30)17(22(34)38)11-13-27(31,32)33/h2-4,6-7,9-10,14,17-18,23H,5,8,11-13H2,1H3,(H2,34,38)(H,35,40)(H,37,39)/t17?,18?,23-/m1/s1. The van der Waals surface area contributed by atoms with Gasteiger partial charge in [0.15, 0.2) is 0 Å². The number of nitrogens with one attached hydrogen (secondary N) is 2. The molecule has 0 spiro atoms. The first-order chi connectivity index (χ1) is 19.2. The number of halogens is 6. The maximum Gasteiger partial charge on any atom is 0.389 e. The molecule has 1 aliphatic rings. The van der Waals surface area contributed by atoms with Crippen molar-refractivity contribution in [1.29, 1.82) is 0 Å². The van der Waals surface area contributed by atoms with Crippen LogP contribution in [0.5, 0.6) is 5.75 Å². The monoisotopic (exact) mass is 586 g/mol. The Bertz CT molecular complexity index is 1280. The van der Waals surface area contributed by atoms with Crippen LogP contribution in [0, 0.1) is 11.8 Å². The topological polar surface area (TPSA) is 123 Å². The molecule has 0 aliphatic carbocycles. The van der Waals surface area contributed by atoms with Gasteiger partial charge in [-0.1, -0.05) is 30.3 Å². The van der Waals surface area contributed by atoms with Gasteiger partial charge in [-0.15, -0.1) is 0 Å². The summed E-state index contributed by atoms with van der Waals surface area (Å²) in [6.45, 7) is 0. The van der Waals surface area contributed by atoms with Gasteiger partial charge in [0.1, 0.15) is 5.75 Å². The molecule has 4 N–H and O–H groups in total. The average Bonchev–Trinajstić information content (AvgIpc) is 3.02. The number of hydrogen-bond acceptors (Lipinski definition) is 5. The van der Waals surface area contributed by atoms with Gasteiger partial charge in [0.25, 0.3) is 5.91 Å². The number of methoxy groups -OCH3 is 1. The number of hydrogen-bond donors (Lipinski definition) is 3. The third kappa shape index (κ3) is 8.95. The number of alkyl halides is 6. The fourth-order valence-electron chi connectivity index (χ4n) is 4.48. The van der Waals surface area contributed by atoms with Crippen LogP contribution in [0.25, 0.3) is 0 Å². The Kier molecular flexibility index (Phi) is 10.00. The normalized spacial score (nSPS) is 16.9. The molecule has 3 atom stereocenters. The van der Waals surface area contributed by atoms with Crippen LogP contribution in [0.3, 0.4) is 0 Å². The molecule has 1 aliphatic heterocycles. The zero-order valence-corrected chi connectivity index (χ0v) is 21.8. The Hall–Kier alpha value is -4.10. The fraction of sp³-hybridized carbons (Fsp3) is 0.407. The summed E-state index contributed by atoms with van der Waals surface area (Å²) < 4.78 is 82.4. The molecule has 2 aromatic carbocycles. The van der Waals surface area contributed by atoms with Crippen LogP contribution in [0.15, 0.2) is 53.5 Å². The number of ether oxygens (including phenoxy) is 1. The van der Waals surface area contributed by atoms with Crippen molar-refractivity contribution in [3.05, 3.63) is 59.7 Å². The summed E-state index contributed by atoms with van der Waals surface area (Å²) in [6.07, 6.45) is -15.9. The van der Waals surface area contributed by atoms with E-state index in [-0.39, 0.29) is 11.4 Å². The van der Waals surface area contributed by atoms with Gasteiger partial charge < -0.3 is 21.1 Å². The Labute approximate surface area is 231 Å². The number of anilines is 1. The van der Waals surface area contributed by atoms with Gasteiger partial charge in [0, 0.05) is 41.9 Å². The van der Waals surface area contributed by atoms with Crippen molar-refractivity contribution >= 4 is 29.1 Å². The maximum absolute atomic E-state index is 13.4. The number of aliphatic imine (C=N–C) groups is 1. The largest absolute Gasteiger partial charge is 0.497 e. The first kappa shape index (κ1) is 31.4. The Morgan fingerprint density at radius 1 is 1.00 bits per heavy atom. The summed E-state index contributed by atoms with van der Waals surface area (Å²) in [4.78, 5) is 43.0. The number of nitrogens with two attached hydrogens (primary N) is 1. The summed E-state index contributed by atoms with van der Waals surface area (Å²) in [5.41, 5.74) is 6.87. The summed E-state index contributed by atoms with van der Waals surface area (Å²) in [6, 6.07) is 13.3. The van der Waals surface area contributed by atoms with Crippen LogP contribution in [0.1, 0.15) is 43.2 Å². The van der Waals surface area contributed by atoms with Crippen LogP contribution < -0.4 is 21.1 Å². The maximum atomic E-state index is 13.4. The molecule has 14 heteroatoms. The highest BCUT2D eigenvalue weighted by molar-refractivity contribution is 6.20. The molecule has 3 amide bonds. The minimum atomic E-state index is -4.70. The molecule has 8 nitrogen and oxygen atoms in total. The Balaban J connectivity index is 1.97. The number of fused-ring (bicyclic) bond motifs is 1. The molecule has 2 unspecified atom stereocenters. The number of carbonyl (C=O) groups is 3. The molecule has 0 fully saturated rings. The molecule has 0 saturated heterocycles. The number of primary amides is 1. The van der Waals surface area contributed by atoms with Gasteiger partial charge in [-0.05, 0) is 31.4 Å². The minimum absolute atomic E-state index is 0.268. The molecular weight excluding hydrogens is 558 g/mol. The fourth-order valence-corrected chi connectivity index (χ4v) is 4.48. The zero-order chi connectivity index (χ0) is 30.4. The van der Waals surface area contributed by atoms with Crippen molar-refractivity contribution in [2.75, 3.05) is 12.4 Å². The van der Waals surface area contributed by atoms with Crippen molar-refractivity contribution in [3.8, 4) is 5.75 Å². The van der Waals surface area contributed by atoms with E-state index in [2.05, 4.69) is 15.6 Å². The lowest BCUT2D eigenvalue weighted by Crippen LogP contribution is -2.48. The van der Waals surface area contributed by atoms with E-state index in [4.69, 9.17) is 10.5 Å². The van der Waals surface area contributed by atoms with Crippen LogP contribution in [-0.2, 0) is 14.4 Å². The van der Waals surface area contributed by atoms with E-state index in [9.17, 15) is 40.7 Å². The van der Waals surface area contributed by atoms with Crippen LogP contribution in [0.4, 0.5) is 32.0 Å². The molecule has 3 rings (SSSR count).